The lowest BCUT2D eigenvalue weighted by atomic mass is 10.2. The first-order valence-electron chi connectivity index (χ1n) is 4.25. The van der Waals surface area contributed by atoms with Crippen LogP contribution in [0.2, 0.25) is 0 Å². The summed E-state index contributed by atoms with van der Waals surface area (Å²) in [4.78, 5) is 24.9. The van der Waals surface area contributed by atoms with E-state index in [-0.39, 0.29) is 5.12 Å². The van der Waals surface area contributed by atoms with E-state index < -0.39 is 0 Å². The van der Waals surface area contributed by atoms with Gasteiger partial charge in [-0.05, 0) is 6.07 Å². The lowest BCUT2D eigenvalue weighted by molar-refractivity contribution is -0.109. The van der Waals surface area contributed by atoms with Gasteiger partial charge in [0, 0.05) is 30.4 Å². The molecule has 0 aliphatic carbocycles. The molecule has 0 bridgehead atoms. The SMILES string of the molecule is CC(=O)SCC#Cc1cncc(C=O)c1. The van der Waals surface area contributed by atoms with Crippen LogP contribution in [-0.2, 0) is 4.79 Å². The minimum atomic E-state index is 0.0454. The second-order valence-corrected chi connectivity index (χ2v) is 3.86. The molecule has 76 valence electrons. The van der Waals surface area contributed by atoms with E-state index in [1.807, 2.05) is 0 Å². The number of nitrogens with zero attached hydrogens (tertiary/aromatic N) is 1. The molecule has 15 heavy (non-hydrogen) atoms. The van der Waals surface area contributed by atoms with Crippen LogP contribution in [0.1, 0.15) is 22.8 Å². The number of hydrogen-bond acceptors (Lipinski definition) is 4. The fraction of sp³-hybridized carbons (Fsp3) is 0.182. The Labute approximate surface area is 92.3 Å². The van der Waals surface area contributed by atoms with Crippen molar-refractivity contribution in [3.8, 4) is 11.8 Å². The van der Waals surface area contributed by atoms with Crippen molar-refractivity contribution in [1.82, 2.24) is 4.98 Å². The smallest absolute Gasteiger partial charge is 0.186 e. The first-order chi connectivity index (χ1) is 7.22. The van der Waals surface area contributed by atoms with Gasteiger partial charge in [0.1, 0.15) is 0 Å². The molecule has 1 aromatic rings. The molecule has 0 saturated carbocycles. The maximum atomic E-state index is 10.6. The van der Waals surface area contributed by atoms with Gasteiger partial charge in [0.05, 0.1) is 5.75 Å². The number of carbonyl (C=O) groups excluding carboxylic acids is 2. The molecule has 0 N–H and O–H groups in total. The Kier molecular flexibility index (Phi) is 4.58. The third-order valence-corrected chi connectivity index (χ3v) is 2.17. The van der Waals surface area contributed by atoms with Gasteiger partial charge < -0.3 is 0 Å². The highest BCUT2D eigenvalue weighted by Gasteiger charge is 1.92. The van der Waals surface area contributed by atoms with Crippen molar-refractivity contribution < 1.29 is 9.59 Å². The summed E-state index contributed by atoms with van der Waals surface area (Å²) in [5.41, 5.74) is 1.18. The normalized spacial score (nSPS) is 8.87. The summed E-state index contributed by atoms with van der Waals surface area (Å²) < 4.78 is 0. The summed E-state index contributed by atoms with van der Waals surface area (Å²) in [5.74, 6) is 6.11. The second kappa shape index (κ2) is 5.99. The van der Waals surface area contributed by atoms with Crippen LogP contribution in [0.5, 0.6) is 0 Å². The van der Waals surface area contributed by atoms with Crippen molar-refractivity contribution >= 4 is 23.2 Å². The molecule has 1 heterocycles. The number of thioether (sulfide) groups is 1. The average Bonchev–Trinajstić information content (AvgIpc) is 2.24. The fourth-order valence-electron chi connectivity index (χ4n) is 0.866. The van der Waals surface area contributed by atoms with Gasteiger partial charge in [0.15, 0.2) is 11.4 Å². The summed E-state index contributed by atoms with van der Waals surface area (Å²) in [5, 5.41) is 0.0454. The molecule has 0 spiro atoms. The van der Waals surface area contributed by atoms with E-state index in [0.717, 1.165) is 18.0 Å². The van der Waals surface area contributed by atoms with E-state index in [0.29, 0.717) is 16.9 Å². The van der Waals surface area contributed by atoms with Gasteiger partial charge in [0.25, 0.3) is 0 Å². The van der Waals surface area contributed by atoms with Crippen LogP contribution in [0, 0.1) is 11.8 Å². The van der Waals surface area contributed by atoms with E-state index >= 15 is 0 Å². The van der Waals surface area contributed by atoms with Crippen molar-refractivity contribution in [2.75, 3.05) is 5.75 Å². The Bertz CT molecular complexity index is 432. The van der Waals surface area contributed by atoms with Crippen molar-refractivity contribution in [3.05, 3.63) is 29.6 Å². The predicted molar refractivity (Wildman–Crippen MR) is 59.6 cm³/mol. The number of rotatable bonds is 2. The highest BCUT2D eigenvalue weighted by atomic mass is 32.2. The summed E-state index contributed by atoms with van der Waals surface area (Å²) >= 11 is 1.16. The summed E-state index contributed by atoms with van der Waals surface area (Å²) in [6.07, 6.45) is 3.78. The monoisotopic (exact) mass is 219 g/mol. The minimum absolute atomic E-state index is 0.0454. The lowest BCUT2D eigenvalue weighted by Crippen LogP contribution is -1.85. The molecule has 0 fully saturated rings. The van der Waals surface area contributed by atoms with E-state index in [1.54, 1.807) is 12.3 Å². The zero-order valence-corrected chi connectivity index (χ0v) is 9.00. The quantitative estimate of drug-likeness (QED) is 0.559. The maximum absolute atomic E-state index is 10.6. The van der Waals surface area contributed by atoms with Crippen LogP contribution in [0.15, 0.2) is 18.5 Å². The van der Waals surface area contributed by atoms with Gasteiger partial charge in [-0.1, -0.05) is 23.6 Å². The number of carbonyl (C=O) groups is 2. The van der Waals surface area contributed by atoms with Crippen molar-refractivity contribution in [2.24, 2.45) is 0 Å². The molecule has 1 aromatic heterocycles. The zero-order chi connectivity index (χ0) is 11.1. The Morgan fingerprint density at radius 2 is 2.40 bits per heavy atom. The molecule has 1 rings (SSSR count). The Balaban J connectivity index is 2.63. The minimum Gasteiger partial charge on any atom is -0.298 e. The van der Waals surface area contributed by atoms with Gasteiger partial charge in [-0.15, -0.1) is 0 Å². The largest absolute Gasteiger partial charge is 0.298 e. The highest BCUT2D eigenvalue weighted by molar-refractivity contribution is 8.13. The van der Waals surface area contributed by atoms with Crippen molar-refractivity contribution in [3.63, 3.8) is 0 Å². The molecule has 0 saturated heterocycles. The van der Waals surface area contributed by atoms with Gasteiger partial charge in [-0.3, -0.25) is 14.6 Å². The molecular formula is C11H9NO2S. The van der Waals surface area contributed by atoms with Gasteiger partial charge in [-0.25, -0.2) is 0 Å². The zero-order valence-electron chi connectivity index (χ0n) is 8.19. The van der Waals surface area contributed by atoms with Crippen LogP contribution >= 0.6 is 11.8 Å². The van der Waals surface area contributed by atoms with E-state index in [2.05, 4.69) is 16.8 Å². The summed E-state index contributed by atoms with van der Waals surface area (Å²) in [6, 6.07) is 1.66. The van der Waals surface area contributed by atoms with Crippen LogP contribution in [0.25, 0.3) is 0 Å². The number of hydrogen-bond donors (Lipinski definition) is 0. The Morgan fingerprint density at radius 3 is 3.07 bits per heavy atom. The average molecular weight is 219 g/mol. The maximum Gasteiger partial charge on any atom is 0.186 e. The second-order valence-electron chi connectivity index (χ2n) is 2.71. The summed E-state index contributed by atoms with van der Waals surface area (Å²) in [7, 11) is 0. The standard InChI is InChI=1S/C11H9NO2S/c1-9(14)15-4-2-3-10-5-11(8-13)7-12-6-10/h5-8H,4H2,1H3. The Morgan fingerprint density at radius 1 is 1.60 bits per heavy atom. The topological polar surface area (TPSA) is 47.0 Å². The fourth-order valence-corrected chi connectivity index (χ4v) is 1.21. The van der Waals surface area contributed by atoms with Crippen LogP contribution in [0.3, 0.4) is 0 Å². The highest BCUT2D eigenvalue weighted by Crippen LogP contribution is 2.00. The van der Waals surface area contributed by atoms with Crippen LogP contribution in [-0.4, -0.2) is 22.1 Å². The van der Waals surface area contributed by atoms with Crippen LogP contribution < -0.4 is 0 Å². The lowest BCUT2D eigenvalue weighted by Gasteiger charge is -1.90. The molecule has 0 radical (unpaired) electrons. The molecule has 0 aliphatic rings. The third kappa shape index (κ3) is 4.43. The van der Waals surface area contributed by atoms with E-state index in [4.69, 9.17) is 0 Å². The number of aldehydes is 1. The number of aromatic nitrogens is 1. The first kappa shape index (κ1) is 11.5. The summed E-state index contributed by atoms with van der Waals surface area (Å²) in [6.45, 7) is 1.50. The Hall–Kier alpha value is -1.60. The van der Waals surface area contributed by atoms with Crippen molar-refractivity contribution in [2.45, 2.75) is 6.92 Å². The molecule has 3 nitrogen and oxygen atoms in total. The first-order valence-corrected chi connectivity index (χ1v) is 5.23. The molecule has 0 amide bonds. The molecule has 0 aromatic carbocycles. The van der Waals surface area contributed by atoms with Gasteiger partial charge in [0.2, 0.25) is 0 Å². The molecular weight excluding hydrogens is 210 g/mol. The van der Waals surface area contributed by atoms with Gasteiger partial charge in [-0.2, -0.15) is 0 Å². The predicted octanol–water partition coefficient (Wildman–Crippen LogP) is 1.53. The van der Waals surface area contributed by atoms with E-state index in [1.165, 1.54) is 13.1 Å². The molecule has 0 unspecified atom stereocenters. The van der Waals surface area contributed by atoms with Crippen molar-refractivity contribution in [1.29, 1.82) is 0 Å². The van der Waals surface area contributed by atoms with Gasteiger partial charge >= 0.3 is 0 Å². The molecule has 0 atom stereocenters. The molecule has 0 aliphatic heterocycles. The number of pyridine rings is 1. The third-order valence-electron chi connectivity index (χ3n) is 1.48. The van der Waals surface area contributed by atoms with E-state index in [9.17, 15) is 9.59 Å². The van der Waals surface area contributed by atoms with Crippen LogP contribution in [0.4, 0.5) is 0 Å². The molecule has 4 heteroatoms.